The number of likely N-dealkylation sites (N-methyl/N-ethyl adjacent to an activating group) is 1. The molecule has 2 aliphatic rings. The lowest BCUT2D eigenvalue weighted by Gasteiger charge is -2.41. The van der Waals surface area contributed by atoms with Crippen LogP contribution in [0.4, 0.5) is 10.6 Å². The van der Waals surface area contributed by atoms with Crippen LogP contribution in [0.1, 0.15) is 63.9 Å². The Kier molecular flexibility index (Phi) is 7.28. The molecule has 1 saturated carbocycles. The number of nitrogen functional groups attached to an aromatic ring is 1. The highest BCUT2D eigenvalue weighted by Crippen LogP contribution is 2.38. The average molecular weight is 521 g/mol. The van der Waals surface area contributed by atoms with Gasteiger partial charge in [0.2, 0.25) is 0 Å². The Hall–Kier alpha value is -3.24. The highest BCUT2D eigenvalue weighted by molar-refractivity contribution is 5.98. The van der Waals surface area contributed by atoms with Gasteiger partial charge in [0, 0.05) is 49.7 Å². The fraction of sp³-hybridized carbons (Fsp3) is 0.571. The van der Waals surface area contributed by atoms with Crippen LogP contribution in [-0.2, 0) is 12.0 Å². The molecule has 10 nitrogen and oxygen atoms in total. The van der Waals surface area contributed by atoms with E-state index in [1.54, 1.807) is 0 Å². The van der Waals surface area contributed by atoms with Gasteiger partial charge in [-0.15, -0.1) is 0 Å². The number of nitrogens with zero attached hydrogens (tertiary/aromatic N) is 6. The van der Waals surface area contributed by atoms with Gasteiger partial charge in [-0.2, -0.15) is 5.10 Å². The topological polar surface area (TPSA) is 125 Å². The number of benzene rings is 1. The maximum atomic E-state index is 10.9. The van der Waals surface area contributed by atoms with Gasteiger partial charge in [-0.1, -0.05) is 45.0 Å². The van der Waals surface area contributed by atoms with Gasteiger partial charge in [0.15, 0.2) is 5.65 Å². The van der Waals surface area contributed by atoms with Crippen LogP contribution >= 0.6 is 0 Å². The summed E-state index contributed by atoms with van der Waals surface area (Å²) in [6, 6.07) is 8.66. The predicted molar refractivity (Wildman–Crippen MR) is 149 cm³/mol. The number of carbonyl (C=O) groups is 1. The van der Waals surface area contributed by atoms with Crippen LogP contribution in [0.15, 0.2) is 24.3 Å². The third-order valence-electron chi connectivity index (χ3n) is 7.99. The smallest absolute Gasteiger partial charge is 0.404 e. The summed E-state index contributed by atoms with van der Waals surface area (Å²) in [5.41, 5.74) is 9.71. The van der Waals surface area contributed by atoms with Crippen LogP contribution in [0.25, 0.3) is 22.3 Å². The summed E-state index contributed by atoms with van der Waals surface area (Å²) in [7, 11) is 2.20. The van der Waals surface area contributed by atoms with Crippen molar-refractivity contribution in [3.8, 4) is 11.3 Å². The van der Waals surface area contributed by atoms with Crippen LogP contribution in [0.2, 0.25) is 0 Å². The third-order valence-corrected chi connectivity index (χ3v) is 7.99. The lowest BCUT2D eigenvalue weighted by Crippen LogP contribution is -2.49. The molecular formula is C28H40N8O2. The zero-order valence-corrected chi connectivity index (χ0v) is 22.9. The molecule has 3 aromatic rings. The highest BCUT2D eigenvalue weighted by Gasteiger charge is 2.31. The SMILES string of the molecule is CN1CCN(C2CCC(n3nc(-c4ccc(CNC(=O)O)cc4)c4c(N)nc(C(C)(C)C)nc43)CC2)CC1. The van der Waals surface area contributed by atoms with Crippen LogP contribution in [0.3, 0.4) is 0 Å². The molecule has 1 saturated heterocycles. The molecule has 204 valence electrons. The number of nitrogens with two attached hydrogens (primary N) is 1. The van der Waals surface area contributed by atoms with Gasteiger partial charge in [0.05, 0.1) is 11.4 Å². The zero-order chi connectivity index (χ0) is 27.0. The minimum Gasteiger partial charge on any atom is -0.465 e. The molecule has 0 radical (unpaired) electrons. The Bertz CT molecular complexity index is 1280. The number of nitrogens with one attached hydrogen (secondary N) is 1. The van der Waals surface area contributed by atoms with E-state index >= 15 is 0 Å². The van der Waals surface area contributed by atoms with Gasteiger partial charge in [-0.05, 0) is 38.3 Å². The lowest BCUT2D eigenvalue weighted by molar-refractivity contribution is 0.0815. The van der Waals surface area contributed by atoms with Crippen molar-refractivity contribution < 1.29 is 9.90 Å². The molecule has 1 amide bonds. The molecule has 0 spiro atoms. The fourth-order valence-electron chi connectivity index (χ4n) is 5.67. The van der Waals surface area contributed by atoms with E-state index in [1.165, 1.54) is 0 Å². The molecule has 10 heteroatoms. The second-order valence-electron chi connectivity index (χ2n) is 11.8. The van der Waals surface area contributed by atoms with E-state index in [9.17, 15) is 4.79 Å². The molecule has 1 aromatic carbocycles. The molecule has 38 heavy (non-hydrogen) atoms. The summed E-state index contributed by atoms with van der Waals surface area (Å²) in [5, 5.41) is 17.2. The largest absolute Gasteiger partial charge is 0.465 e. The van der Waals surface area contributed by atoms with E-state index < -0.39 is 6.09 Å². The van der Waals surface area contributed by atoms with E-state index in [-0.39, 0.29) is 18.0 Å². The van der Waals surface area contributed by atoms with Crippen LogP contribution in [0, 0.1) is 0 Å². The molecule has 0 atom stereocenters. The van der Waals surface area contributed by atoms with Crippen molar-refractivity contribution in [2.75, 3.05) is 39.0 Å². The summed E-state index contributed by atoms with van der Waals surface area (Å²) in [6.45, 7) is 11.1. The van der Waals surface area contributed by atoms with E-state index in [2.05, 4.69) is 47.6 Å². The maximum Gasteiger partial charge on any atom is 0.404 e. The Labute approximate surface area is 224 Å². The standard InChI is InChI=1S/C28H40N8O2/c1-28(2,3)26-31-24(29)22-23(19-7-5-18(6-8-19)17-30-27(37)38)33-36(25(22)32-26)21-11-9-20(10-12-21)35-15-13-34(4)14-16-35/h5-8,20-21,30H,9-17H2,1-4H3,(H,37,38)(H2,29,31,32). The van der Waals surface area contributed by atoms with Crippen LogP contribution in [-0.4, -0.2) is 80.0 Å². The normalized spacial score (nSPS) is 21.6. The summed E-state index contributed by atoms with van der Waals surface area (Å²) in [5.74, 6) is 1.17. The molecule has 5 rings (SSSR count). The number of fused-ring (bicyclic) bond motifs is 1. The number of anilines is 1. The van der Waals surface area contributed by atoms with Crippen molar-refractivity contribution in [1.29, 1.82) is 0 Å². The summed E-state index contributed by atoms with van der Waals surface area (Å²) < 4.78 is 2.11. The number of aromatic nitrogens is 4. The van der Waals surface area contributed by atoms with E-state index in [0.29, 0.717) is 11.9 Å². The number of rotatable bonds is 5. The van der Waals surface area contributed by atoms with Gasteiger partial charge in [-0.3, -0.25) is 4.90 Å². The van der Waals surface area contributed by atoms with E-state index in [1.807, 2.05) is 24.3 Å². The molecular weight excluding hydrogens is 480 g/mol. The van der Waals surface area contributed by atoms with Crippen molar-refractivity contribution in [3.63, 3.8) is 0 Å². The van der Waals surface area contributed by atoms with Crippen molar-refractivity contribution >= 4 is 22.9 Å². The van der Waals surface area contributed by atoms with Crippen molar-refractivity contribution in [2.45, 2.75) is 70.5 Å². The molecule has 4 N–H and O–H groups in total. The molecule has 3 heterocycles. The second kappa shape index (κ2) is 10.5. The van der Waals surface area contributed by atoms with Gasteiger partial charge in [0.25, 0.3) is 0 Å². The van der Waals surface area contributed by atoms with Crippen molar-refractivity contribution in [1.82, 2.24) is 34.9 Å². The molecule has 2 aromatic heterocycles. The first kappa shape index (κ1) is 26.4. The molecule has 1 aliphatic heterocycles. The molecule has 1 aliphatic carbocycles. The van der Waals surface area contributed by atoms with Crippen molar-refractivity contribution in [3.05, 3.63) is 35.7 Å². The summed E-state index contributed by atoms with van der Waals surface area (Å²) in [6.07, 6.45) is 3.39. The Morgan fingerprint density at radius 1 is 1.03 bits per heavy atom. The lowest BCUT2D eigenvalue weighted by atomic mass is 9.90. The molecule has 2 fully saturated rings. The van der Waals surface area contributed by atoms with E-state index in [0.717, 1.165) is 85.5 Å². The van der Waals surface area contributed by atoms with Gasteiger partial charge >= 0.3 is 6.09 Å². The second-order valence-corrected chi connectivity index (χ2v) is 11.8. The highest BCUT2D eigenvalue weighted by atomic mass is 16.4. The monoisotopic (exact) mass is 520 g/mol. The minimum atomic E-state index is -1.04. The number of amides is 1. The molecule has 0 unspecified atom stereocenters. The predicted octanol–water partition coefficient (Wildman–Crippen LogP) is 3.87. The first-order valence-electron chi connectivity index (χ1n) is 13.6. The number of piperazine rings is 1. The summed E-state index contributed by atoms with van der Waals surface area (Å²) >= 11 is 0. The zero-order valence-electron chi connectivity index (χ0n) is 22.9. The van der Waals surface area contributed by atoms with Crippen LogP contribution in [0.5, 0.6) is 0 Å². The maximum absolute atomic E-state index is 10.9. The Balaban J connectivity index is 1.47. The first-order valence-corrected chi connectivity index (χ1v) is 13.6. The number of hydrogen-bond donors (Lipinski definition) is 3. The van der Waals surface area contributed by atoms with E-state index in [4.69, 9.17) is 25.9 Å². The average Bonchev–Trinajstić information content (AvgIpc) is 3.28. The van der Waals surface area contributed by atoms with Gasteiger partial charge in [-0.25, -0.2) is 19.4 Å². The fourth-order valence-corrected chi connectivity index (χ4v) is 5.67. The number of hydrogen-bond acceptors (Lipinski definition) is 7. The van der Waals surface area contributed by atoms with Crippen LogP contribution < -0.4 is 11.1 Å². The Morgan fingerprint density at radius 3 is 2.26 bits per heavy atom. The van der Waals surface area contributed by atoms with Gasteiger partial charge < -0.3 is 21.1 Å². The first-order chi connectivity index (χ1) is 18.1. The number of carboxylic acid groups (broad SMARTS) is 1. The third kappa shape index (κ3) is 5.47. The minimum absolute atomic E-state index is 0.241. The van der Waals surface area contributed by atoms with Crippen molar-refractivity contribution in [2.24, 2.45) is 0 Å². The quantitative estimate of drug-likeness (QED) is 0.463. The van der Waals surface area contributed by atoms with Gasteiger partial charge in [0.1, 0.15) is 17.3 Å². The molecule has 0 bridgehead atoms. The summed E-state index contributed by atoms with van der Waals surface area (Å²) in [4.78, 5) is 25.7. The Morgan fingerprint density at radius 2 is 1.66 bits per heavy atom.